The summed E-state index contributed by atoms with van der Waals surface area (Å²) in [6.45, 7) is 0.445. The summed E-state index contributed by atoms with van der Waals surface area (Å²) in [5.74, 6) is 1.12. The van der Waals surface area contributed by atoms with Crippen LogP contribution in [0.1, 0.15) is 11.1 Å². The van der Waals surface area contributed by atoms with E-state index in [0.717, 1.165) is 22.3 Å². The summed E-state index contributed by atoms with van der Waals surface area (Å²) in [7, 11) is 1.63. The third-order valence-electron chi connectivity index (χ3n) is 4.22. The van der Waals surface area contributed by atoms with E-state index >= 15 is 0 Å². The molecule has 2 N–H and O–H groups in total. The summed E-state index contributed by atoms with van der Waals surface area (Å²) in [4.78, 5) is 9.28. The quantitative estimate of drug-likeness (QED) is 0.624. The van der Waals surface area contributed by atoms with Crippen molar-refractivity contribution in [3.63, 3.8) is 0 Å². The van der Waals surface area contributed by atoms with Crippen LogP contribution in [0.2, 0.25) is 0 Å². The zero-order valence-electron chi connectivity index (χ0n) is 13.6. The van der Waals surface area contributed by atoms with E-state index in [1.54, 1.807) is 7.11 Å². The number of fused-ring (bicyclic) bond motifs is 2. The molecule has 0 unspecified atom stereocenters. The van der Waals surface area contributed by atoms with Gasteiger partial charge in [0.05, 0.1) is 24.7 Å². The topological polar surface area (TPSA) is 89.8 Å². The van der Waals surface area contributed by atoms with Crippen molar-refractivity contribution in [3.05, 3.63) is 59.7 Å². The largest absolute Gasteiger partial charge is 0.496 e. The molecule has 0 saturated heterocycles. The van der Waals surface area contributed by atoms with Gasteiger partial charge in [-0.3, -0.25) is 0 Å². The lowest BCUT2D eigenvalue weighted by Gasteiger charge is -2.11. The molecule has 0 fully saturated rings. The molecule has 4 rings (SSSR count). The van der Waals surface area contributed by atoms with Gasteiger partial charge in [-0.1, -0.05) is 30.3 Å². The lowest BCUT2D eigenvalue weighted by atomic mass is 10.2. The summed E-state index contributed by atoms with van der Waals surface area (Å²) >= 11 is 0. The average molecular weight is 329 g/mol. The Hall–Kier alpha value is -3.59. The highest BCUT2D eigenvalue weighted by Crippen LogP contribution is 2.29. The molecule has 0 aliphatic carbocycles. The summed E-state index contributed by atoms with van der Waals surface area (Å²) < 4.78 is 7.23. The fourth-order valence-electron chi connectivity index (χ4n) is 2.99. The van der Waals surface area contributed by atoms with Gasteiger partial charge in [-0.15, -0.1) is 0 Å². The summed E-state index contributed by atoms with van der Waals surface area (Å²) in [6.07, 6.45) is 0. The third kappa shape index (κ3) is 2.34. The summed E-state index contributed by atoms with van der Waals surface area (Å²) in [5, 5.41) is 9.53. The maximum atomic E-state index is 9.53. The number of hydrogen-bond acceptors (Lipinski definition) is 5. The second-order valence-corrected chi connectivity index (χ2v) is 5.65. The van der Waals surface area contributed by atoms with Crippen LogP contribution in [0.3, 0.4) is 0 Å². The molecule has 2 heterocycles. The maximum Gasteiger partial charge on any atom is 0.162 e. The second-order valence-electron chi connectivity index (χ2n) is 5.65. The van der Waals surface area contributed by atoms with Crippen molar-refractivity contribution >= 4 is 28.0 Å². The predicted octanol–water partition coefficient (Wildman–Crippen LogP) is 3.10. The summed E-state index contributed by atoms with van der Waals surface area (Å²) in [5.41, 5.74) is 10.2. The first-order valence-electron chi connectivity index (χ1n) is 7.79. The Bertz CT molecular complexity index is 1140. The number of hydrogen-bond donors (Lipinski definition) is 1. The van der Waals surface area contributed by atoms with E-state index in [1.807, 2.05) is 53.1 Å². The predicted molar refractivity (Wildman–Crippen MR) is 96.3 cm³/mol. The van der Waals surface area contributed by atoms with Crippen LogP contribution in [0.15, 0.2) is 48.5 Å². The van der Waals surface area contributed by atoms with Gasteiger partial charge in [-0.2, -0.15) is 5.26 Å². The van der Waals surface area contributed by atoms with Gasteiger partial charge in [0.25, 0.3) is 0 Å². The van der Waals surface area contributed by atoms with Crippen molar-refractivity contribution in [2.75, 3.05) is 12.8 Å². The van der Waals surface area contributed by atoms with Gasteiger partial charge in [0.1, 0.15) is 28.7 Å². The second kappa shape index (κ2) is 5.80. The van der Waals surface area contributed by atoms with E-state index in [9.17, 15) is 5.26 Å². The van der Waals surface area contributed by atoms with Crippen molar-refractivity contribution in [2.45, 2.75) is 6.54 Å². The molecule has 6 heteroatoms. The zero-order chi connectivity index (χ0) is 17.4. The monoisotopic (exact) mass is 329 g/mol. The summed E-state index contributed by atoms with van der Waals surface area (Å²) in [6, 6.07) is 17.4. The fraction of sp³-hybridized carbons (Fsp3) is 0.105. The van der Waals surface area contributed by atoms with Crippen molar-refractivity contribution in [1.82, 2.24) is 14.5 Å². The maximum absolute atomic E-state index is 9.53. The van der Waals surface area contributed by atoms with Crippen molar-refractivity contribution < 1.29 is 4.74 Å². The number of benzene rings is 2. The van der Waals surface area contributed by atoms with Crippen LogP contribution in [0, 0.1) is 11.3 Å². The number of ether oxygens (including phenoxy) is 1. The van der Waals surface area contributed by atoms with E-state index in [4.69, 9.17) is 10.5 Å². The Kier molecular flexibility index (Phi) is 3.47. The molecule has 2 aromatic carbocycles. The van der Waals surface area contributed by atoms with Gasteiger partial charge >= 0.3 is 0 Å². The molecular weight excluding hydrogens is 314 g/mol. The van der Waals surface area contributed by atoms with Crippen LogP contribution in [-0.4, -0.2) is 21.6 Å². The van der Waals surface area contributed by atoms with Crippen LogP contribution in [0.4, 0.5) is 5.82 Å². The van der Waals surface area contributed by atoms with Gasteiger partial charge in [0.15, 0.2) is 5.65 Å². The smallest absolute Gasteiger partial charge is 0.162 e. The highest BCUT2D eigenvalue weighted by Gasteiger charge is 2.19. The first-order chi connectivity index (χ1) is 12.2. The molecule has 0 amide bonds. The van der Waals surface area contributed by atoms with E-state index in [1.165, 1.54) is 0 Å². The Morgan fingerprint density at radius 2 is 1.76 bits per heavy atom. The molecule has 0 atom stereocenters. The lowest BCUT2D eigenvalue weighted by Crippen LogP contribution is -2.06. The van der Waals surface area contributed by atoms with Gasteiger partial charge in [-0.05, 0) is 18.2 Å². The number of aromatic nitrogens is 3. The van der Waals surface area contributed by atoms with Crippen LogP contribution >= 0.6 is 0 Å². The minimum Gasteiger partial charge on any atom is -0.496 e. The third-order valence-corrected chi connectivity index (χ3v) is 4.22. The first kappa shape index (κ1) is 15.0. The van der Waals surface area contributed by atoms with Crippen molar-refractivity contribution in [3.8, 4) is 11.8 Å². The number of nitrogens with zero attached hydrogens (tertiary/aromatic N) is 4. The Labute approximate surface area is 144 Å². The highest BCUT2D eigenvalue weighted by atomic mass is 16.5. The number of nitriles is 1. The number of nitrogens with two attached hydrogens (primary N) is 1. The molecular formula is C19H15N5O. The van der Waals surface area contributed by atoms with E-state index in [-0.39, 0.29) is 0 Å². The molecule has 122 valence electrons. The molecule has 0 radical (unpaired) electrons. The lowest BCUT2D eigenvalue weighted by molar-refractivity contribution is 0.408. The molecule has 6 nitrogen and oxygen atoms in total. The minimum absolute atomic E-state index is 0.350. The molecule has 2 aromatic heterocycles. The van der Waals surface area contributed by atoms with Crippen LogP contribution in [-0.2, 0) is 6.54 Å². The van der Waals surface area contributed by atoms with E-state index in [0.29, 0.717) is 29.1 Å². The number of para-hydroxylation sites is 3. The van der Waals surface area contributed by atoms with Gasteiger partial charge < -0.3 is 15.0 Å². The number of rotatable bonds is 3. The number of anilines is 1. The van der Waals surface area contributed by atoms with Gasteiger partial charge in [-0.25, -0.2) is 9.97 Å². The molecule has 0 bridgehead atoms. The zero-order valence-corrected chi connectivity index (χ0v) is 13.6. The van der Waals surface area contributed by atoms with Gasteiger partial charge in [0.2, 0.25) is 0 Å². The fourth-order valence-corrected chi connectivity index (χ4v) is 2.99. The SMILES string of the molecule is COc1ccccc1Cn1c(N)c(C#N)c2nc3ccccc3nc21. The van der Waals surface area contributed by atoms with Crippen LogP contribution in [0.25, 0.3) is 22.2 Å². The molecule has 4 aromatic rings. The average Bonchev–Trinajstić information content (AvgIpc) is 2.91. The van der Waals surface area contributed by atoms with Crippen LogP contribution in [0.5, 0.6) is 5.75 Å². The normalized spacial score (nSPS) is 10.9. The van der Waals surface area contributed by atoms with Crippen molar-refractivity contribution in [2.24, 2.45) is 0 Å². The van der Waals surface area contributed by atoms with E-state index < -0.39 is 0 Å². The van der Waals surface area contributed by atoms with Crippen LogP contribution < -0.4 is 10.5 Å². The van der Waals surface area contributed by atoms with Crippen molar-refractivity contribution in [1.29, 1.82) is 5.26 Å². The number of nitrogen functional groups attached to an aromatic ring is 1. The number of methoxy groups -OCH3 is 1. The molecule has 0 saturated carbocycles. The molecule has 0 aliphatic heterocycles. The minimum atomic E-state index is 0.350. The Morgan fingerprint density at radius 3 is 2.48 bits per heavy atom. The molecule has 25 heavy (non-hydrogen) atoms. The highest BCUT2D eigenvalue weighted by molar-refractivity contribution is 5.92. The first-order valence-corrected chi connectivity index (χ1v) is 7.79. The standard InChI is InChI=1S/C19H15N5O/c1-25-16-9-5-2-6-12(16)11-24-18(21)13(10-20)17-19(24)23-15-8-4-3-7-14(15)22-17/h2-9H,11,21H2,1H3. The van der Waals surface area contributed by atoms with Gasteiger partial charge in [0, 0.05) is 5.56 Å². The molecule has 0 aliphatic rings. The molecule has 0 spiro atoms. The van der Waals surface area contributed by atoms with E-state index in [2.05, 4.69) is 16.0 Å². The Morgan fingerprint density at radius 1 is 1.08 bits per heavy atom. The Balaban J connectivity index is 1.98.